The second kappa shape index (κ2) is 6.04. The summed E-state index contributed by atoms with van der Waals surface area (Å²) >= 11 is 0. The van der Waals surface area contributed by atoms with E-state index in [0.29, 0.717) is 12.2 Å². The number of carbonyl (C=O) groups is 1. The van der Waals surface area contributed by atoms with Gasteiger partial charge in [-0.15, -0.1) is 0 Å². The summed E-state index contributed by atoms with van der Waals surface area (Å²) in [5, 5.41) is 9.63. The van der Waals surface area contributed by atoms with Crippen molar-refractivity contribution in [3.63, 3.8) is 0 Å². The van der Waals surface area contributed by atoms with Crippen LogP contribution >= 0.6 is 0 Å². The van der Waals surface area contributed by atoms with Crippen LogP contribution in [0.15, 0.2) is 18.2 Å². The van der Waals surface area contributed by atoms with Gasteiger partial charge in [0.15, 0.2) is 0 Å². The molecule has 5 nitrogen and oxygen atoms in total. The van der Waals surface area contributed by atoms with E-state index in [1.165, 1.54) is 12.0 Å². The Kier molecular flexibility index (Phi) is 4.39. The fraction of sp³-hybridized carbons (Fsp3) is 0.500. The molecule has 1 unspecified atom stereocenters. The highest BCUT2D eigenvalue weighted by atomic mass is 16.5. The van der Waals surface area contributed by atoms with Gasteiger partial charge >= 0.3 is 0 Å². The van der Waals surface area contributed by atoms with E-state index >= 15 is 0 Å². The predicted molar refractivity (Wildman–Crippen MR) is 70.5 cm³/mol. The van der Waals surface area contributed by atoms with Crippen LogP contribution in [0.3, 0.4) is 0 Å². The van der Waals surface area contributed by atoms with Gasteiger partial charge in [-0.25, -0.2) is 0 Å². The van der Waals surface area contributed by atoms with Gasteiger partial charge < -0.3 is 19.5 Å². The number of amides is 1. The Bertz CT molecular complexity index is 461. The molecule has 19 heavy (non-hydrogen) atoms. The third-order valence-electron chi connectivity index (χ3n) is 3.13. The smallest absolute Gasteiger partial charge is 0.253 e. The average Bonchev–Trinajstić information content (AvgIpc) is 2.85. The average molecular weight is 265 g/mol. The molecule has 1 aliphatic heterocycles. The molecule has 0 radical (unpaired) electrons. The molecule has 0 fully saturated rings. The minimum absolute atomic E-state index is 0.107. The maximum absolute atomic E-state index is 12.2. The lowest BCUT2D eigenvalue weighted by Crippen LogP contribution is -2.36. The number of hydrogen-bond donors (Lipinski definition) is 1. The summed E-state index contributed by atoms with van der Waals surface area (Å²) < 4.78 is 10.3. The summed E-state index contributed by atoms with van der Waals surface area (Å²) in [7, 11) is 3.19. The number of aliphatic hydroxyl groups is 1. The fourth-order valence-electron chi connectivity index (χ4n) is 2.18. The number of rotatable bonds is 5. The van der Waals surface area contributed by atoms with Gasteiger partial charge in [0.25, 0.3) is 5.91 Å². The van der Waals surface area contributed by atoms with Crippen LogP contribution in [0, 0.1) is 0 Å². The van der Waals surface area contributed by atoms with Crippen LogP contribution in [0.2, 0.25) is 0 Å². The van der Waals surface area contributed by atoms with Gasteiger partial charge in [0.1, 0.15) is 5.75 Å². The minimum Gasteiger partial charge on any atom is -0.493 e. The quantitative estimate of drug-likeness (QED) is 0.851. The first kappa shape index (κ1) is 13.8. The molecular weight excluding hydrogens is 246 g/mol. The molecule has 0 aromatic heterocycles. The SMILES string of the molecule is COCC(O)CN(C)C(=O)c1ccc2c(c1)CCO2. The Morgan fingerprint density at radius 1 is 1.58 bits per heavy atom. The van der Waals surface area contributed by atoms with Gasteiger partial charge in [-0.3, -0.25) is 4.79 Å². The summed E-state index contributed by atoms with van der Waals surface area (Å²) in [6, 6.07) is 5.45. The minimum atomic E-state index is -0.670. The fourth-order valence-corrected chi connectivity index (χ4v) is 2.18. The normalized spacial score (nSPS) is 14.7. The Labute approximate surface area is 112 Å². The monoisotopic (exact) mass is 265 g/mol. The summed E-state index contributed by atoms with van der Waals surface area (Å²) in [5.41, 5.74) is 1.69. The molecule has 104 valence electrons. The van der Waals surface area contributed by atoms with Crippen molar-refractivity contribution in [1.82, 2.24) is 4.90 Å². The van der Waals surface area contributed by atoms with Crippen molar-refractivity contribution < 1.29 is 19.4 Å². The second-order valence-corrected chi connectivity index (χ2v) is 4.72. The van der Waals surface area contributed by atoms with Gasteiger partial charge in [-0.1, -0.05) is 0 Å². The van der Waals surface area contributed by atoms with Crippen molar-refractivity contribution in [2.45, 2.75) is 12.5 Å². The maximum Gasteiger partial charge on any atom is 0.253 e. The van der Waals surface area contributed by atoms with E-state index in [1.807, 2.05) is 12.1 Å². The van der Waals surface area contributed by atoms with E-state index in [2.05, 4.69) is 0 Å². The van der Waals surface area contributed by atoms with Gasteiger partial charge in [-0.2, -0.15) is 0 Å². The lowest BCUT2D eigenvalue weighted by molar-refractivity contribution is 0.0380. The van der Waals surface area contributed by atoms with Crippen molar-refractivity contribution in [2.24, 2.45) is 0 Å². The zero-order valence-electron chi connectivity index (χ0n) is 11.3. The molecule has 0 aliphatic carbocycles. The molecule has 1 N–H and O–H groups in total. The Hall–Kier alpha value is -1.59. The van der Waals surface area contributed by atoms with Gasteiger partial charge in [0, 0.05) is 32.7 Å². The van der Waals surface area contributed by atoms with Gasteiger partial charge in [-0.05, 0) is 23.8 Å². The number of nitrogens with zero attached hydrogens (tertiary/aromatic N) is 1. The summed E-state index contributed by atoms with van der Waals surface area (Å²) in [6.07, 6.45) is 0.170. The van der Waals surface area contributed by atoms with E-state index < -0.39 is 6.10 Å². The van der Waals surface area contributed by atoms with Crippen molar-refractivity contribution in [3.8, 4) is 5.75 Å². The molecule has 0 spiro atoms. The number of fused-ring (bicyclic) bond motifs is 1. The molecule has 0 saturated carbocycles. The standard InChI is InChI=1S/C14H19NO4/c1-15(8-12(16)9-18-2)14(17)11-3-4-13-10(7-11)5-6-19-13/h3-4,7,12,16H,5-6,8-9H2,1-2H3. The summed E-state index contributed by atoms with van der Waals surface area (Å²) in [4.78, 5) is 13.7. The van der Waals surface area contributed by atoms with E-state index in [-0.39, 0.29) is 19.1 Å². The van der Waals surface area contributed by atoms with E-state index in [1.54, 1.807) is 13.1 Å². The zero-order chi connectivity index (χ0) is 13.8. The van der Waals surface area contributed by atoms with Crippen LogP contribution in [0.1, 0.15) is 15.9 Å². The topological polar surface area (TPSA) is 59.0 Å². The van der Waals surface area contributed by atoms with Crippen LogP contribution in [-0.2, 0) is 11.2 Å². The van der Waals surface area contributed by atoms with Crippen LogP contribution in [0.4, 0.5) is 0 Å². The molecule has 1 aliphatic rings. The lowest BCUT2D eigenvalue weighted by atomic mass is 10.1. The summed E-state index contributed by atoms with van der Waals surface area (Å²) in [6.45, 7) is 1.14. The number of ether oxygens (including phenoxy) is 2. The first-order valence-electron chi connectivity index (χ1n) is 6.30. The van der Waals surface area contributed by atoms with Crippen LogP contribution < -0.4 is 4.74 Å². The highest BCUT2D eigenvalue weighted by Gasteiger charge is 2.18. The molecule has 5 heteroatoms. The first-order chi connectivity index (χ1) is 9.11. The number of hydrogen-bond acceptors (Lipinski definition) is 4. The van der Waals surface area contributed by atoms with Crippen LogP contribution in [0.25, 0.3) is 0 Å². The van der Waals surface area contributed by atoms with Crippen LogP contribution in [0.5, 0.6) is 5.75 Å². The summed E-state index contributed by atoms with van der Waals surface area (Å²) in [5.74, 6) is 0.753. The molecule has 1 amide bonds. The van der Waals surface area contributed by atoms with Crippen molar-refractivity contribution in [2.75, 3.05) is 33.9 Å². The molecule has 1 atom stereocenters. The first-order valence-corrected chi connectivity index (χ1v) is 6.30. The van der Waals surface area contributed by atoms with E-state index in [0.717, 1.165) is 17.7 Å². The molecule has 1 aromatic carbocycles. The Balaban J connectivity index is 2.02. The Morgan fingerprint density at radius 2 is 2.37 bits per heavy atom. The number of methoxy groups -OCH3 is 1. The van der Waals surface area contributed by atoms with Crippen molar-refractivity contribution in [3.05, 3.63) is 29.3 Å². The molecule has 2 rings (SSSR count). The molecule has 1 heterocycles. The van der Waals surface area contributed by atoms with Crippen molar-refractivity contribution >= 4 is 5.91 Å². The molecule has 0 saturated heterocycles. The van der Waals surface area contributed by atoms with Crippen molar-refractivity contribution in [1.29, 1.82) is 0 Å². The largest absolute Gasteiger partial charge is 0.493 e. The maximum atomic E-state index is 12.2. The number of benzene rings is 1. The molecular formula is C14H19NO4. The highest BCUT2D eigenvalue weighted by Crippen LogP contribution is 2.26. The number of aliphatic hydroxyl groups excluding tert-OH is 1. The van der Waals surface area contributed by atoms with Gasteiger partial charge in [0.2, 0.25) is 0 Å². The Morgan fingerprint density at radius 3 is 3.11 bits per heavy atom. The number of likely N-dealkylation sites (N-methyl/N-ethyl adjacent to an activating group) is 1. The second-order valence-electron chi connectivity index (χ2n) is 4.72. The van der Waals surface area contributed by atoms with E-state index in [4.69, 9.17) is 9.47 Å². The third kappa shape index (κ3) is 3.24. The van der Waals surface area contributed by atoms with Crippen LogP contribution in [-0.4, -0.2) is 55.9 Å². The third-order valence-corrected chi connectivity index (χ3v) is 3.13. The highest BCUT2D eigenvalue weighted by molar-refractivity contribution is 5.94. The number of carbonyl (C=O) groups excluding carboxylic acids is 1. The van der Waals surface area contributed by atoms with E-state index in [9.17, 15) is 9.90 Å². The zero-order valence-corrected chi connectivity index (χ0v) is 11.3. The molecule has 1 aromatic rings. The molecule has 0 bridgehead atoms. The lowest BCUT2D eigenvalue weighted by Gasteiger charge is -2.20. The predicted octanol–water partition coefficient (Wildman–Crippen LogP) is 0.701. The van der Waals surface area contributed by atoms with Gasteiger partial charge in [0.05, 0.1) is 19.3 Å².